The second-order valence-electron chi connectivity index (χ2n) is 5.83. The van der Waals surface area contributed by atoms with Crippen LogP contribution in [-0.2, 0) is 0 Å². The Morgan fingerprint density at radius 2 is 1.85 bits per heavy atom. The zero-order valence-electron chi connectivity index (χ0n) is 14.0. The van der Waals surface area contributed by atoms with Crippen molar-refractivity contribution in [2.45, 2.75) is 0 Å². The molecule has 0 aliphatic heterocycles. The summed E-state index contributed by atoms with van der Waals surface area (Å²) >= 11 is 0. The first-order valence-electron chi connectivity index (χ1n) is 8.13. The highest BCUT2D eigenvalue weighted by atomic mass is 16.5. The fourth-order valence-electron chi connectivity index (χ4n) is 2.80. The number of benzene rings is 3. The Morgan fingerprint density at radius 1 is 1.07 bits per heavy atom. The molecule has 4 aromatic rings. The molecule has 0 spiro atoms. The Balaban J connectivity index is 1.67. The first kappa shape index (κ1) is 16.4. The van der Waals surface area contributed by atoms with E-state index in [9.17, 15) is 9.90 Å². The molecular formula is C21H13N3O3. The number of para-hydroxylation sites is 1. The summed E-state index contributed by atoms with van der Waals surface area (Å²) in [5.41, 5.74) is 2.91. The van der Waals surface area contributed by atoms with Crippen molar-refractivity contribution in [3.8, 4) is 23.3 Å². The zero-order chi connectivity index (χ0) is 18.8. The number of nitriles is 1. The van der Waals surface area contributed by atoms with E-state index < -0.39 is 5.97 Å². The summed E-state index contributed by atoms with van der Waals surface area (Å²) in [7, 11) is 0. The Bertz CT molecular complexity index is 1190. The van der Waals surface area contributed by atoms with Crippen molar-refractivity contribution >= 4 is 17.0 Å². The average Bonchev–Trinajstić information content (AvgIpc) is 3.12. The number of fused-ring (bicyclic) bond motifs is 1. The molecule has 6 heteroatoms. The van der Waals surface area contributed by atoms with Crippen LogP contribution in [0, 0.1) is 11.3 Å². The average molecular weight is 355 g/mol. The SMILES string of the molecule is N#Cc1ccccc1Oc1ccc(-n2cnc3ccc(C(=O)O)cc32)cc1. The number of hydrogen-bond donors (Lipinski definition) is 1. The van der Waals surface area contributed by atoms with Gasteiger partial charge in [-0.25, -0.2) is 9.78 Å². The number of aromatic nitrogens is 2. The Labute approximate surface area is 154 Å². The van der Waals surface area contributed by atoms with E-state index in [0.29, 0.717) is 28.1 Å². The number of rotatable bonds is 4. The van der Waals surface area contributed by atoms with Gasteiger partial charge in [-0.15, -0.1) is 0 Å². The van der Waals surface area contributed by atoms with Crippen molar-refractivity contribution in [1.29, 1.82) is 5.26 Å². The van der Waals surface area contributed by atoms with Crippen molar-refractivity contribution in [3.63, 3.8) is 0 Å². The van der Waals surface area contributed by atoms with E-state index in [-0.39, 0.29) is 5.56 Å². The highest BCUT2D eigenvalue weighted by molar-refractivity contribution is 5.92. The van der Waals surface area contributed by atoms with Gasteiger partial charge >= 0.3 is 5.97 Å². The highest BCUT2D eigenvalue weighted by Gasteiger charge is 2.10. The quantitative estimate of drug-likeness (QED) is 0.586. The van der Waals surface area contributed by atoms with Crippen LogP contribution in [0.3, 0.4) is 0 Å². The molecule has 1 aromatic heterocycles. The topological polar surface area (TPSA) is 88.1 Å². The summed E-state index contributed by atoms with van der Waals surface area (Å²) in [5, 5.41) is 18.3. The molecule has 0 saturated carbocycles. The molecule has 0 unspecified atom stereocenters. The second kappa shape index (κ2) is 6.65. The van der Waals surface area contributed by atoms with E-state index in [4.69, 9.17) is 10.00 Å². The minimum absolute atomic E-state index is 0.206. The molecule has 27 heavy (non-hydrogen) atoms. The highest BCUT2D eigenvalue weighted by Crippen LogP contribution is 2.26. The number of ether oxygens (including phenoxy) is 1. The van der Waals surface area contributed by atoms with Gasteiger partial charge in [0.05, 0.1) is 22.2 Å². The number of aromatic carboxylic acids is 1. The molecule has 0 atom stereocenters. The number of carboxylic acids is 1. The molecule has 0 radical (unpaired) electrons. The van der Waals surface area contributed by atoms with Gasteiger partial charge < -0.3 is 9.84 Å². The maximum atomic E-state index is 11.2. The molecular weight excluding hydrogens is 342 g/mol. The molecule has 0 aliphatic rings. The van der Waals surface area contributed by atoms with Gasteiger partial charge in [0.25, 0.3) is 0 Å². The molecule has 130 valence electrons. The summed E-state index contributed by atoms with van der Waals surface area (Å²) in [5.74, 6) is 0.105. The van der Waals surface area contributed by atoms with Gasteiger partial charge in [0.2, 0.25) is 0 Å². The molecule has 1 N–H and O–H groups in total. The van der Waals surface area contributed by atoms with Gasteiger partial charge in [0.15, 0.2) is 0 Å². The van der Waals surface area contributed by atoms with Crippen LogP contribution in [-0.4, -0.2) is 20.6 Å². The Hall–Kier alpha value is -4.11. The maximum absolute atomic E-state index is 11.2. The number of carboxylic acid groups (broad SMARTS) is 1. The lowest BCUT2D eigenvalue weighted by Gasteiger charge is -2.09. The smallest absolute Gasteiger partial charge is 0.335 e. The van der Waals surface area contributed by atoms with Crippen LogP contribution >= 0.6 is 0 Å². The van der Waals surface area contributed by atoms with Crippen LogP contribution in [0.5, 0.6) is 11.5 Å². The summed E-state index contributed by atoms with van der Waals surface area (Å²) < 4.78 is 7.60. The Kier molecular flexibility index (Phi) is 4.03. The normalized spacial score (nSPS) is 10.5. The predicted molar refractivity (Wildman–Crippen MR) is 99.3 cm³/mol. The molecule has 0 aliphatic carbocycles. The third kappa shape index (κ3) is 3.10. The maximum Gasteiger partial charge on any atom is 0.335 e. The molecule has 0 fully saturated rings. The number of nitrogens with zero attached hydrogens (tertiary/aromatic N) is 3. The van der Waals surface area contributed by atoms with Crippen LogP contribution in [0.15, 0.2) is 73.1 Å². The van der Waals surface area contributed by atoms with Crippen LogP contribution in [0.25, 0.3) is 16.7 Å². The van der Waals surface area contributed by atoms with Crippen molar-refractivity contribution in [2.75, 3.05) is 0 Å². The van der Waals surface area contributed by atoms with Crippen LogP contribution < -0.4 is 4.74 Å². The predicted octanol–water partition coefficient (Wildman–Crippen LogP) is 4.39. The third-order valence-electron chi connectivity index (χ3n) is 4.14. The number of carbonyl (C=O) groups is 1. The lowest BCUT2D eigenvalue weighted by molar-refractivity contribution is 0.0697. The zero-order valence-corrected chi connectivity index (χ0v) is 14.0. The van der Waals surface area contributed by atoms with Crippen molar-refractivity contribution < 1.29 is 14.6 Å². The van der Waals surface area contributed by atoms with Gasteiger partial charge in [0, 0.05) is 5.69 Å². The molecule has 1 heterocycles. The molecule has 3 aromatic carbocycles. The minimum atomic E-state index is -0.982. The number of imidazole rings is 1. The van der Waals surface area contributed by atoms with Crippen LogP contribution in [0.1, 0.15) is 15.9 Å². The fraction of sp³-hybridized carbons (Fsp3) is 0. The summed E-state index contributed by atoms with van der Waals surface area (Å²) in [6.07, 6.45) is 1.65. The van der Waals surface area contributed by atoms with E-state index in [1.807, 2.05) is 22.8 Å². The molecule has 6 nitrogen and oxygen atoms in total. The number of hydrogen-bond acceptors (Lipinski definition) is 4. The largest absolute Gasteiger partial charge is 0.478 e. The summed E-state index contributed by atoms with van der Waals surface area (Å²) in [6, 6.07) is 21.2. The van der Waals surface area contributed by atoms with E-state index in [1.165, 1.54) is 6.07 Å². The second-order valence-corrected chi connectivity index (χ2v) is 5.83. The first-order valence-corrected chi connectivity index (χ1v) is 8.13. The monoisotopic (exact) mass is 355 g/mol. The standard InChI is InChI=1S/C21H13N3O3/c22-12-15-3-1-2-4-20(15)27-17-8-6-16(7-9-17)24-13-23-18-10-5-14(21(25)26)11-19(18)24/h1-11,13H,(H,25,26). The lowest BCUT2D eigenvalue weighted by atomic mass is 10.2. The van der Waals surface area contributed by atoms with Crippen molar-refractivity contribution in [3.05, 3.63) is 84.2 Å². The van der Waals surface area contributed by atoms with Gasteiger partial charge in [0.1, 0.15) is 23.9 Å². The lowest BCUT2D eigenvalue weighted by Crippen LogP contribution is -1.97. The first-order chi connectivity index (χ1) is 13.2. The Morgan fingerprint density at radius 3 is 2.59 bits per heavy atom. The molecule has 0 bridgehead atoms. The van der Waals surface area contributed by atoms with Crippen LogP contribution in [0.2, 0.25) is 0 Å². The summed E-state index contributed by atoms with van der Waals surface area (Å²) in [4.78, 5) is 15.5. The van der Waals surface area contributed by atoms with Gasteiger partial charge in [-0.05, 0) is 54.6 Å². The van der Waals surface area contributed by atoms with E-state index in [0.717, 1.165) is 5.69 Å². The molecule has 0 saturated heterocycles. The molecule has 4 rings (SSSR count). The third-order valence-corrected chi connectivity index (χ3v) is 4.14. The van der Waals surface area contributed by atoms with Crippen molar-refractivity contribution in [1.82, 2.24) is 9.55 Å². The van der Waals surface area contributed by atoms with E-state index in [1.54, 1.807) is 48.8 Å². The fourth-order valence-corrected chi connectivity index (χ4v) is 2.80. The van der Waals surface area contributed by atoms with Gasteiger partial charge in [-0.2, -0.15) is 5.26 Å². The van der Waals surface area contributed by atoms with Gasteiger partial charge in [-0.1, -0.05) is 12.1 Å². The summed E-state index contributed by atoms with van der Waals surface area (Å²) in [6.45, 7) is 0. The van der Waals surface area contributed by atoms with Crippen molar-refractivity contribution in [2.24, 2.45) is 0 Å². The van der Waals surface area contributed by atoms with E-state index >= 15 is 0 Å². The van der Waals surface area contributed by atoms with Gasteiger partial charge in [-0.3, -0.25) is 4.57 Å². The molecule has 0 amide bonds. The minimum Gasteiger partial charge on any atom is -0.478 e. The van der Waals surface area contributed by atoms with E-state index in [2.05, 4.69) is 11.1 Å². The van der Waals surface area contributed by atoms with Crippen LogP contribution in [0.4, 0.5) is 0 Å².